The fraction of sp³-hybridized carbons (Fsp3) is 0.636. The number of halogens is 3. The lowest BCUT2D eigenvalue weighted by molar-refractivity contribution is -0.159. The predicted octanol–water partition coefficient (Wildman–Crippen LogP) is 1.86. The van der Waals surface area contributed by atoms with Gasteiger partial charge in [-0.05, 0) is 6.92 Å². The quantitative estimate of drug-likeness (QED) is 0.884. The number of hydrogen-bond acceptors (Lipinski definition) is 3. The molecule has 0 saturated carbocycles. The van der Waals surface area contributed by atoms with Crippen LogP contribution in [0.15, 0.2) is 10.9 Å². The highest BCUT2D eigenvalue weighted by molar-refractivity contribution is 5.36. The van der Waals surface area contributed by atoms with E-state index in [1.54, 1.807) is 18.7 Å². The van der Waals surface area contributed by atoms with Crippen LogP contribution in [0.5, 0.6) is 0 Å². The third-order valence-corrected chi connectivity index (χ3v) is 2.93. The maximum Gasteiger partial charge on any atom is 0.389 e. The first-order chi connectivity index (χ1) is 8.17. The van der Waals surface area contributed by atoms with E-state index in [1.165, 1.54) is 6.07 Å². The third-order valence-electron chi connectivity index (χ3n) is 2.93. The summed E-state index contributed by atoms with van der Waals surface area (Å²) in [4.78, 5) is 19.5. The molecule has 18 heavy (non-hydrogen) atoms. The number of nitrogens with zero attached hydrogens (tertiary/aromatic N) is 2. The molecule has 100 valence electrons. The second-order valence-corrected chi connectivity index (χ2v) is 5.17. The number of aromatic amines is 1. The lowest BCUT2D eigenvalue weighted by atomic mass is 9.79. The van der Waals surface area contributed by atoms with E-state index in [4.69, 9.17) is 0 Å². The van der Waals surface area contributed by atoms with Gasteiger partial charge in [0.2, 0.25) is 5.95 Å². The van der Waals surface area contributed by atoms with Gasteiger partial charge in [0.05, 0.1) is 6.42 Å². The summed E-state index contributed by atoms with van der Waals surface area (Å²) in [5.74, 6) is 0.347. The normalized spacial score (nSPS) is 18.6. The first-order valence-corrected chi connectivity index (χ1v) is 5.57. The summed E-state index contributed by atoms with van der Waals surface area (Å²) in [7, 11) is 0. The molecule has 0 aromatic carbocycles. The van der Waals surface area contributed by atoms with Crippen molar-refractivity contribution in [2.75, 3.05) is 18.0 Å². The van der Waals surface area contributed by atoms with Gasteiger partial charge in [0.1, 0.15) is 0 Å². The summed E-state index contributed by atoms with van der Waals surface area (Å²) in [6.45, 7) is 3.76. The summed E-state index contributed by atoms with van der Waals surface area (Å²) >= 11 is 0. The van der Waals surface area contributed by atoms with Crippen LogP contribution < -0.4 is 10.5 Å². The summed E-state index contributed by atoms with van der Waals surface area (Å²) in [5.41, 5.74) is -0.527. The molecule has 1 saturated heterocycles. The van der Waals surface area contributed by atoms with Crippen LogP contribution in [0.2, 0.25) is 0 Å². The molecule has 0 spiro atoms. The van der Waals surface area contributed by atoms with E-state index >= 15 is 0 Å². The zero-order chi connectivity index (χ0) is 13.6. The molecule has 0 atom stereocenters. The van der Waals surface area contributed by atoms with Gasteiger partial charge in [-0.25, -0.2) is 4.98 Å². The number of hydrogen-bond donors (Lipinski definition) is 1. The number of aromatic nitrogens is 2. The molecule has 1 aromatic rings. The minimum atomic E-state index is -4.16. The summed E-state index contributed by atoms with van der Waals surface area (Å²) in [6.07, 6.45) is -4.97. The van der Waals surface area contributed by atoms with Crippen molar-refractivity contribution in [3.63, 3.8) is 0 Å². The fourth-order valence-corrected chi connectivity index (χ4v) is 2.33. The second kappa shape index (κ2) is 4.00. The minimum Gasteiger partial charge on any atom is -0.341 e. The first kappa shape index (κ1) is 12.9. The van der Waals surface area contributed by atoms with Gasteiger partial charge in [0.15, 0.2) is 0 Å². The Morgan fingerprint density at radius 3 is 2.61 bits per heavy atom. The number of aryl methyl sites for hydroxylation is 1. The van der Waals surface area contributed by atoms with E-state index in [2.05, 4.69) is 9.97 Å². The highest BCUT2D eigenvalue weighted by Crippen LogP contribution is 2.41. The van der Waals surface area contributed by atoms with E-state index in [-0.39, 0.29) is 18.6 Å². The largest absolute Gasteiger partial charge is 0.389 e. The molecule has 1 N–H and O–H groups in total. The summed E-state index contributed by atoms with van der Waals surface area (Å²) in [6, 6.07) is 1.35. The number of H-pyrrole nitrogens is 1. The van der Waals surface area contributed by atoms with Crippen LogP contribution in [0.3, 0.4) is 0 Å². The van der Waals surface area contributed by atoms with Gasteiger partial charge in [-0.15, -0.1) is 0 Å². The zero-order valence-corrected chi connectivity index (χ0v) is 10.1. The first-order valence-electron chi connectivity index (χ1n) is 5.57. The molecule has 7 heteroatoms. The number of alkyl halides is 3. The Morgan fingerprint density at radius 1 is 1.50 bits per heavy atom. The lowest BCUT2D eigenvalue weighted by Gasteiger charge is -2.48. The third kappa shape index (κ3) is 2.83. The average molecular weight is 261 g/mol. The number of rotatable bonds is 2. The van der Waals surface area contributed by atoms with Crippen molar-refractivity contribution in [2.24, 2.45) is 5.41 Å². The van der Waals surface area contributed by atoms with E-state index in [0.717, 1.165) is 0 Å². The second-order valence-electron chi connectivity index (χ2n) is 5.17. The van der Waals surface area contributed by atoms with Crippen molar-refractivity contribution in [3.05, 3.63) is 22.1 Å². The Labute approximate surface area is 102 Å². The summed E-state index contributed by atoms with van der Waals surface area (Å²) in [5, 5.41) is 0. The molecule has 0 radical (unpaired) electrons. The van der Waals surface area contributed by atoms with Crippen molar-refractivity contribution < 1.29 is 13.2 Å². The molecular formula is C11H14F3N3O. The Kier molecular flexibility index (Phi) is 2.87. The molecular weight excluding hydrogens is 247 g/mol. The average Bonchev–Trinajstić information content (AvgIpc) is 2.09. The highest BCUT2D eigenvalue weighted by Gasteiger charge is 2.47. The predicted molar refractivity (Wildman–Crippen MR) is 60.6 cm³/mol. The van der Waals surface area contributed by atoms with Gasteiger partial charge < -0.3 is 4.90 Å². The van der Waals surface area contributed by atoms with Crippen molar-refractivity contribution in [3.8, 4) is 0 Å². The Hall–Kier alpha value is -1.53. The molecule has 2 rings (SSSR count). The van der Waals surface area contributed by atoms with Gasteiger partial charge >= 0.3 is 6.18 Å². The Bertz CT molecular complexity index is 503. The van der Waals surface area contributed by atoms with Crippen LogP contribution in [0.25, 0.3) is 0 Å². The lowest BCUT2D eigenvalue weighted by Crippen LogP contribution is -2.57. The van der Waals surface area contributed by atoms with Crippen LogP contribution in [0.1, 0.15) is 19.0 Å². The monoisotopic (exact) mass is 261 g/mol. The van der Waals surface area contributed by atoms with Crippen LogP contribution in [-0.2, 0) is 0 Å². The Balaban J connectivity index is 2.06. The Morgan fingerprint density at radius 2 is 2.11 bits per heavy atom. The molecule has 0 aliphatic carbocycles. The topological polar surface area (TPSA) is 49.0 Å². The fourth-order valence-electron chi connectivity index (χ4n) is 2.33. The van der Waals surface area contributed by atoms with Crippen molar-refractivity contribution >= 4 is 5.95 Å². The summed E-state index contributed by atoms with van der Waals surface area (Å²) < 4.78 is 37.0. The number of nitrogens with one attached hydrogen (secondary N) is 1. The van der Waals surface area contributed by atoms with Gasteiger partial charge in [0.25, 0.3) is 5.56 Å². The van der Waals surface area contributed by atoms with E-state index in [0.29, 0.717) is 11.6 Å². The molecule has 4 nitrogen and oxygen atoms in total. The van der Waals surface area contributed by atoms with Gasteiger partial charge in [-0.1, -0.05) is 6.92 Å². The van der Waals surface area contributed by atoms with Gasteiger partial charge in [0, 0.05) is 30.3 Å². The van der Waals surface area contributed by atoms with E-state index < -0.39 is 18.0 Å². The molecule has 1 fully saturated rings. The molecule has 1 aliphatic rings. The number of anilines is 1. The smallest absolute Gasteiger partial charge is 0.341 e. The van der Waals surface area contributed by atoms with Crippen LogP contribution in [0.4, 0.5) is 19.1 Å². The van der Waals surface area contributed by atoms with Crippen molar-refractivity contribution in [1.29, 1.82) is 0 Å². The van der Waals surface area contributed by atoms with Gasteiger partial charge in [-0.2, -0.15) is 13.2 Å². The van der Waals surface area contributed by atoms with Crippen LogP contribution in [0, 0.1) is 12.3 Å². The van der Waals surface area contributed by atoms with Crippen molar-refractivity contribution in [1.82, 2.24) is 9.97 Å². The molecule has 2 heterocycles. The van der Waals surface area contributed by atoms with Crippen LogP contribution >= 0.6 is 0 Å². The van der Waals surface area contributed by atoms with Gasteiger partial charge in [-0.3, -0.25) is 9.78 Å². The standard InChI is InChI=1S/C11H14F3N3O/c1-7-3-8(18)16-9(15-7)17-5-10(2,6-17)4-11(12,13)14/h3H,4-6H2,1-2H3,(H,15,16,18). The molecule has 1 aromatic heterocycles. The maximum absolute atomic E-state index is 12.3. The maximum atomic E-state index is 12.3. The van der Waals surface area contributed by atoms with E-state index in [1.807, 2.05) is 0 Å². The zero-order valence-electron chi connectivity index (χ0n) is 10.1. The highest BCUT2D eigenvalue weighted by atomic mass is 19.4. The van der Waals surface area contributed by atoms with Crippen molar-refractivity contribution in [2.45, 2.75) is 26.4 Å². The van der Waals surface area contributed by atoms with E-state index in [9.17, 15) is 18.0 Å². The molecule has 0 amide bonds. The SMILES string of the molecule is Cc1cc(=O)[nH]c(N2CC(C)(CC(F)(F)F)C2)n1. The molecule has 1 aliphatic heterocycles. The van der Waals surface area contributed by atoms with Crippen LogP contribution in [-0.4, -0.2) is 29.2 Å². The minimum absolute atomic E-state index is 0.249. The molecule has 0 unspecified atom stereocenters. The molecule has 0 bridgehead atoms.